The number of benzene rings is 1. The predicted molar refractivity (Wildman–Crippen MR) is 87.5 cm³/mol. The molecule has 0 spiro atoms. The standard InChI is InChI=1S/C14H16FN3O3S2/c1-9-12(22-14(16-9)17-23(3,20)21)13(19)18(2)8-10-6-4-5-7-11(10)15/h4-7H,8H2,1-3H3,(H,16,17). The number of sulfonamides is 1. The minimum absolute atomic E-state index is 0.109. The molecule has 1 N–H and O–H groups in total. The minimum atomic E-state index is -3.46. The number of carbonyl (C=O) groups excluding carboxylic acids is 1. The summed E-state index contributed by atoms with van der Waals surface area (Å²) in [5.74, 6) is -0.725. The maximum absolute atomic E-state index is 13.7. The quantitative estimate of drug-likeness (QED) is 0.890. The van der Waals surface area contributed by atoms with Crippen LogP contribution in [-0.2, 0) is 16.6 Å². The second-order valence-electron chi connectivity index (χ2n) is 5.06. The molecule has 0 atom stereocenters. The first kappa shape index (κ1) is 17.4. The van der Waals surface area contributed by atoms with E-state index < -0.39 is 10.0 Å². The average Bonchev–Trinajstić information content (AvgIpc) is 2.78. The molecular weight excluding hydrogens is 341 g/mol. The van der Waals surface area contributed by atoms with Gasteiger partial charge in [-0.05, 0) is 13.0 Å². The van der Waals surface area contributed by atoms with Crippen molar-refractivity contribution < 1.29 is 17.6 Å². The second kappa shape index (κ2) is 6.63. The molecule has 0 aliphatic rings. The van der Waals surface area contributed by atoms with E-state index in [2.05, 4.69) is 9.71 Å². The highest BCUT2D eigenvalue weighted by Crippen LogP contribution is 2.25. The Labute approximate surface area is 138 Å². The Morgan fingerprint density at radius 1 is 1.39 bits per heavy atom. The lowest BCUT2D eigenvalue weighted by Crippen LogP contribution is -2.26. The third-order valence-corrected chi connectivity index (χ3v) is 4.73. The number of nitrogens with one attached hydrogen (secondary N) is 1. The zero-order chi connectivity index (χ0) is 17.2. The number of hydrogen-bond donors (Lipinski definition) is 1. The smallest absolute Gasteiger partial charge is 0.265 e. The zero-order valence-corrected chi connectivity index (χ0v) is 14.5. The lowest BCUT2D eigenvalue weighted by Gasteiger charge is -2.17. The molecule has 1 heterocycles. The monoisotopic (exact) mass is 357 g/mol. The Balaban J connectivity index is 2.18. The summed E-state index contributed by atoms with van der Waals surface area (Å²) in [4.78, 5) is 18.2. The van der Waals surface area contributed by atoms with E-state index in [0.717, 1.165) is 17.6 Å². The van der Waals surface area contributed by atoms with Gasteiger partial charge < -0.3 is 4.90 Å². The molecule has 124 valence electrons. The third-order valence-electron chi connectivity index (χ3n) is 2.98. The van der Waals surface area contributed by atoms with E-state index in [-0.39, 0.29) is 23.4 Å². The van der Waals surface area contributed by atoms with Gasteiger partial charge in [0.25, 0.3) is 5.91 Å². The Kier molecular flexibility index (Phi) is 5.00. The summed E-state index contributed by atoms with van der Waals surface area (Å²) in [5, 5.41) is 0.132. The highest BCUT2D eigenvalue weighted by Gasteiger charge is 2.21. The van der Waals surface area contributed by atoms with Crippen LogP contribution in [0.3, 0.4) is 0 Å². The number of anilines is 1. The maximum atomic E-state index is 13.7. The highest BCUT2D eigenvalue weighted by molar-refractivity contribution is 7.92. The molecule has 9 heteroatoms. The fourth-order valence-corrected chi connectivity index (χ4v) is 3.72. The van der Waals surface area contributed by atoms with Crippen LogP contribution in [-0.4, -0.2) is 37.5 Å². The Morgan fingerprint density at radius 2 is 2.04 bits per heavy atom. The van der Waals surface area contributed by atoms with Gasteiger partial charge in [0.2, 0.25) is 10.0 Å². The van der Waals surface area contributed by atoms with Crippen LogP contribution in [0.15, 0.2) is 24.3 Å². The van der Waals surface area contributed by atoms with Crippen LogP contribution in [0.4, 0.5) is 9.52 Å². The number of aryl methyl sites for hydroxylation is 1. The molecule has 0 saturated heterocycles. The summed E-state index contributed by atoms with van der Waals surface area (Å²) in [7, 11) is -1.90. The second-order valence-corrected chi connectivity index (χ2v) is 7.81. The van der Waals surface area contributed by atoms with E-state index in [1.54, 1.807) is 32.2 Å². The van der Waals surface area contributed by atoms with Crippen molar-refractivity contribution in [1.82, 2.24) is 9.88 Å². The minimum Gasteiger partial charge on any atom is -0.337 e. The summed E-state index contributed by atoms with van der Waals surface area (Å²) >= 11 is 0.951. The Bertz CT molecular complexity index is 834. The van der Waals surface area contributed by atoms with Crippen molar-refractivity contribution in [2.45, 2.75) is 13.5 Å². The van der Waals surface area contributed by atoms with E-state index in [1.807, 2.05) is 0 Å². The number of hydrogen-bond acceptors (Lipinski definition) is 5. The normalized spacial score (nSPS) is 11.3. The Hall–Kier alpha value is -2.00. The van der Waals surface area contributed by atoms with E-state index in [0.29, 0.717) is 16.1 Å². The van der Waals surface area contributed by atoms with Gasteiger partial charge in [0.1, 0.15) is 10.7 Å². The van der Waals surface area contributed by atoms with E-state index in [4.69, 9.17) is 0 Å². The summed E-state index contributed by atoms with van der Waals surface area (Å²) in [6.07, 6.45) is 1.01. The van der Waals surface area contributed by atoms with Crippen molar-refractivity contribution in [2.24, 2.45) is 0 Å². The van der Waals surface area contributed by atoms with Gasteiger partial charge in [0.05, 0.1) is 11.9 Å². The molecule has 0 fully saturated rings. The molecule has 0 bridgehead atoms. The van der Waals surface area contributed by atoms with Gasteiger partial charge in [-0.25, -0.2) is 17.8 Å². The van der Waals surface area contributed by atoms with Gasteiger partial charge >= 0.3 is 0 Å². The van der Waals surface area contributed by atoms with Gasteiger partial charge in [-0.15, -0.1) is 0 Å². The van der Waals surface area contributed by atoms with Crippen LogP contribution >= 0.6 is 11.3 Å². The van der Waals surface area contributed by atoms with Gasteiger partial charge in [-0.2, -0.15) is 0 Å². The number of aromatic nitrogens is 1. The van der Waals surface area contributed by atoms with Crippen LogP contribution in [0, 0.1) is 12.7 Å². The molecule has 0 unspecified atom stereocenters. The lowest BCUT2D eigenvalue weighted by atomic mass is 10.2. The number of halogens is 1. The van der Waals surface area contributed by atoms with E-state index >= 15 is 0 Å². The molecule has 2 rings (SSSR count). The summed E-state index contributed by atoms with van der Waals surface area (Å²) < 4.78 is 38.3. The molecule has 0 aliphatic carbocycles. The maximum Gasteiger partial charge on any atom is 0.265 e. The molecule has 1 aromatic heterocycles. The van der Waals surface area contributed by atoms with Gasteiger partial charge in [0, 0.05) is 19.2 Å². The first-order valence-corrected chi connectivity index (χ1v) is 9.32. The predicted octanol–water partition coefficient (Wildman–Crippen LogP) is 2.23. The van der Waals surface area contributed by atoms with Gasteiger partial charge in [0.15, 0.2) is 5.13 Å². The van der Waals surface area contributed by atoms with Gasteiger partial charge in [-0.1, -0.05) is 29.5 Å². The largest absolute Gasteiger partial charge is 0.337 e. The number of rotatable bonds is 5. The number of carbonyl (C=O) groups is 1. The SMILES string of the molecule is Cc1nc(NS(C)(=O)=O)sc1C(=O)N(C)Cc1ccccc1F. The number of nitrogens with zero attached hydrogens (tertiary/aromatic N) is 2. The van der Waals surface area contributed by atoms with E-state index in [9.17, 15) is 17.6 Å². The molecule has 0 aliphatic heterocycles. The van der Waals surface area contributed by atoms with Crippen molar-refractivity contribution in [3.8, 4) is 0 Å². The van der Waals surface area contributed by atoms with Crippen LogP contribution < -0.4 is 4.72 Å². The van der Waals surface area contributed by atoms with E-state index in [1.165, 1.54) is 11.0 Å². The molecule has 2 aromatic rings. The first-order chi connectivity index (χ1) is 10.7. The van der Waals surface area contributed by atoms with Crippen LogP contribution in [0.2, 0.25) is 0 Å². The highest BCUT2D eigenvalue weighted by atomic mass is 32.2. The van der Waals surface area contributed by atoms with Crippen LogP contribution in [0.25, 0.3) is 0 Å². The van der Waals surface area contributed by atoms with Crippen molar-refractivity contribution >= 4 is 32.4 Å². The van der Waals surface area contributed by atoms with Crippen LogP contribution in [0.5, 0.6) is 0 Å². The van der Waals surface area contributed by atoms with Crippen molar-refractivity contribution in [3.05, 3.63) is 46.2 Å². The third kappa shape index (κ3) is 4.49. The summed E-state index contributed by atoms with van der Waals surface area (Å²) in [6, 6.07) is 6.22. The molecule has 0 radical (unpaired) electrons. The first-order valence-electron chi connectivity index (χ1n) is 6.61. The molecule has 1 aromatic carbocycles. The number of amides is 1. The zero-order valence-electron chi connectivity index (χ0n) is 12.8. The van der Waals surface area contributed by atoms with Crippen LogP contribution in [0.1, 0.15) is 20.9 Å². The molecular formula is C14H16FN3O3S2. The fourth-order valence-electron chi connectivity index (χ4n) is 1.92. The average molecular weight is 357 g/mol. The van der Waals surface area contributed by atoms with Crippen molar-refractivity contribution in [1.29, 1.82) is 0 Å². The summed E-state index contributed by atoms with van der Waals surface area (Å²) in [6.45, 7) is 1.73. The van der Waals surface area contributed by atoms with Gasteiger partial charge in [-0.3, -0.25) is 9.52 Å². The number of thiazole rings is 1. The van der Waals surface area contributed by atoms with Crippen molar-refractivity contribution in [3.63, 3.8) is 0 Å². The Morgan fingerprint density at radius 3 is 2.65 bits per heavy atom. The lowest BCUT2D eigenvalue weighted by molar-refractivity contribution is 0.0787. The van der Waals surface area contributed by atoms with Crippen molar-refractivity contribution in [2.75, 3.05) is 18.0 Å². The molecule has 6 nitrogen and oxygen atoms in total. The molecule has 0 saturated carbocycles. The fraction of sp³-hybridized carbons (Fsp3) is 0.286. The summed E-state index contributed by atoms with van der Waals surface area (Å²) in [5.41, 5.74) is 0.825. The molecule has 23 heavy (non-hydrogen) atoms. The molecule has 1 amide bonds. The topological polar surface area (TPSA) is 79.4 Å².